The minimum atomic E-state index is -3.74. The zero-order valence-electron chi connectivity index (χ0n) is 20.1. The molecule has 1 amide bonds. The summed E-state index contributed by atoms with van der Waals surface area (Å²) >= 11 is 14.2. The number of rotatable bonds is 9. The molecule has 0 aliphatic heterocycles. The number of nitrogens with zero attached hydrogens (tertiary/aromatic N) is 3. The highest BCUT2D eigenvalue weighted by Crippen LogP contribution is 2.33. The third-order valence-corrected chi connectivity index (χ3v) is 8.78. The summed E-state index contributed by atoms with van der Waals surface area (Å²) in [4.78, 5) is 22.9. The molecule has 7 nitrogen and oxygen atoms in total. The van der Waals surface area contributed by atoms with E-state index < -0.39 is 15.9 Å². The Balaban J connectivity index is 1.63. The van der Waals surface area contributed by atoms with Crippen LogP contribution in [0.1, 0.15) is 53.6 Å². The van der Waals surface area contributed by atoms with E-state index in [2.05, 4.69) is 14.7 Å². The monoisotopic (exact) mass is 564 g/mol. The number of benzene rings is 1. The third kappa shape index (κ3) is 5.91. The van der Waals surface area contributed by atoms with Crippen molar-refractivity contribution in [3.8, 4) is 10.4 Å². The lowest BCUT2D eigenvalue weighted by atomic mass is 10.1. The van der Waals surface area contributed by atoms with Crippen molar-refractivity contribution in [3.63, 3.8) is 0 Å². The second-order valence-electron chi connectivity index (χ2n) is 8.61. The number of fused-ring (bicyclic) bond motifs is 1. The van der Waals surface area contributed by atoms with Crippen LogP contribution in [-0.4, -0.2) is 34.6 Å². The predicted molar refractivity (Wildman–Crippen MR) is 147 cm³/mol. The number of carbonyl (C=O) groups is 1. The maximum Gasteiger partial charge on any atom is 0.283 e. The molecule has 0 bridgehead atoms. The fourth-order valence-corrected chi connectivity index (χ4v) is 6.26. The number of amides is 1. The molecule has 0 saturated carbocycles. The Morgan fingerprint density at radius 2 is 1.86 bits per heavy atom. The van der Waals surface area contributed by atoms with E-state index >= 15 is 0 Å². The highest BCUT2D eigenvalue weighted by atomic mass is 35.5. The van der Waals surface area contributed by atoms with Gasteiger partial charge in [-0.3, -0.25) is 4.79 Å². The van der Waals surface area contributed by atoms with Crippen LogP contribution in [0.4, 0.5) is 0 Å². The van der Waals surface area contributed by atoms with Gasteiger partial charge in [0.05, 0.1) is 16.6 Å². The number of halogens is 2. The molecule has 36 heavy (non-hydrogen) atoms. The van der Waals surface area contributed by atoms with Gasteiger partial charge in [0, 0.05) is 9.90 Å². The summed E-state index contributed by atoms with van der Waals surface area (Å²) in [5.74, 6) is -0.147. The number of imidazole rings is 1. The maximum atomic E-state index is 12.8. The lowest BCUT2D eigenvalue weighted by molar-refractivity contribution is 0.0976. The van der Waals surface area contributed by atoms with Crippen LogP contribution in [0.5, 0.6) is 0 Å². The van der Waals surface area contributed by atoms with Crippen molar-refractivity contribution in [2.75, 3.05) is 5.75 Å². The second kappa shape index (κ2) is 10.9. The van der Waals surface area contributed by atoms with E-state index in [4.69, 9.17) is 23.2 Å². The van der Waals surface area contributed by atoms with Crippen molar-refractivity contribution in [2.24, 2.45) is 0 Å². The first-order valence-corrected chi connectivity index (χ1v) is 14.7. The number of pyridine rings is 1. The summed E-state index contributed by atoms with van der Waals surface area (Å²) in [6.07, 6.45) is 2.16. The van der Waals surface area contributed by atoms with E-state index in [9.17, 15) is 13.2 Å². The number of nitrogens with one attached hydrogen (secondary N) is 1. The molecule has 0 fully saturated rings. The van der Waals surface area contributed by atoms with Crippen LogP contribution in [0.25, 0.3) is 21.6 Å². The molecule has 1 N–H and O–H groups in total. The van der Waals surface area contributed by atoms with E-state index in [1.165, 1.54) is 11.3 Å². The number of carbonyl (C=O) groups excluding carboxylic acids is 1. The molecule has 0 atom stereocenters. The smallest absolute Gasteiger partial charge is 0.283 e. The number of sulfonamides is 1. The summed E-state index contributed by atoms with van der Waals surface area (Å²) in [7, 11) is -3.74. The molecule has 0 radical (unpaired) electrons. The van der Waals surface area contributed by atoms with Crippen molar-refractivity contribution in [2.45, 2.75) is 46.6 Å². The van der Waals surface area contributed by atoms with Gasteiger partial charge in [0.1, 0.15) is 17.0 Å². The van der Waals surface area contributed by atoms with Gasteiger partial charge in [0.15, 0.2) is 5.65 Å². The zero-order chi connectivity index (χ0) is 26.0. The highest BCUT2D eigenvalue weighted by molar-refractivity contribution is 7.90. The van der Waals surface area contributed by atoms with E-state index in [0.29, 0.717) is 39.3 Å². The second-order valence-corrected chi connectivity index (χ2v) is 12.6. The summed E-state index contributed by atoms with van der Waals surface area (Å²) in [5.41, 5.74) is 3.73. The number of unbranched alkanes of at least 4 members (excludes halogenated alkanes) is 2. The van der Waals surface area contributed by atoms with Gasteiger partial charge in [0.25, 0.3) is 5.91 Å². The Kier molecular flexibility index (Phi) is 8.04. The fourth-order valence-electron chi connectivity index (χ4n) is 3.91. The van der Waals surface area contributed by atoms with Gasteiger partial charge < -0.3 is 4.57 Å². The van der Waals surface area contributed by atoms with Crippen molar-refractivity contribution in [1.82, 2.24) is 19.3 Å². The average molecular weight is 566 g/mol. The summed E-state index contributed by atoms with van der Waals surface area (Å²) in [5, 5.41) is 0.585. The average Bonchev–Trinajstić information content (AvgIpc) is 3.38. The summed E-state index contributed by atoms with van der Waals surface area (Å²) < 4.78 is 29.4. The number of hydrogen-bond donors (Lipinski definition) is 1. The molecule has 3 aromatic heterocycles. The van der Waals surface area contributed by atoms with Crippen LogP contribution < -0.4 is 4.72 Å². The lowest BCUT2D eigenvalue weighted by Gasteiger charge is -2.11. The Hall–Kier alpha value is -2.46. The van der Waals surface area contributed by atoms with Crippen LogP contribution in [0.15, 0.2) is 36.4 Å². The van der Waals surface area contributed by atoms with Gasteiger partial charge in [-0.25, -0.2) is 23.1 Å². The normalized spacial score (nSPS) is 11.8. The number of thiophene rings is 1. The molecule has 3 heterocycles. The Morgan fingerprint density at radius 3 is 2.53 bits per heavy atom. The molecule has 0 aliphatic rings. The van der Waals surface area contributed by atoms with E-state index in [1.54, 1.807) is 6.07 Å². The van der Waals surface area contributed by atoms with Crippen molar-refractivity contribution >= 4 is 61.6 Å². The Bertz CT molecular complexity index is 1540. The Morgan fingerprint density at radius 1 is 1.08 bits per heavy atom. The molecule has 0 aliphatic carbocycles. The van der Waals surface area contributed by atoms with Gasteiger partial charge in [-0.2, -0.15) is 0 Å². The summed E-state index contributed by atoms with van der Waals surface area (Å²) in [6.45, 7) is 6.05. The molecule has 11 heteroatoms. The fraction of sp³-hybridized carbons (Fsp3) is 0.320. The quantitative estimate of drug-likeness (QED) is 0.238. The first-order valence-electron chi connectivity index (χ1n) is 11.5. The zero-order valence-corrected chi connectivity index (χ0v) is 23.3. The Labute approximate surface area is 224 Å². The maximum absolute atomic E-state index is 12.8. The molecule has 4 rings (SSSR count). The first kappa shape index (κ1) is 26.6. The topological polar surface area (TPSA) is 94.0 Å². The molecule has 1 aromatic carbocycles. The molecule has 4 aromatic rings. The van der Waals surface area contributed by atoms with Crippen LogP contribution in [0.3, 0.4) is 0 Å². The van der Waals surface area contributed by atoms with Crippen molar-refractivity contribution in [1.29, 1.82) is 0 Å². The molecule has 190 valence electrons. The molecule has 0 unspecified atom stereocenters. The van der Waals surface area contributed by atoms with Gasteiger partial charge in [-0.15, -0.1) is 11.3 Å². The van der Waals surface area contributed by atoms with Crippen LogP contribution in [0, 0.1) is 13.8 Å². The number of aryl methyl sites for hydroxylation is 2. The minimum absolute atomic E-state index is 0.0243. The molecule has 0 saturated heterocycles. The summed E-state index contributed by atoms with van der Waals surface area (Å²) in [6, 6.07) is 11.2. The van der Waals surface area contributed by atoms with Gasteiger partial charge in [0.2, 0.25) is 10.0 Å². The van der Waals surface area contributed by atoms with Crippen molar-refractivity contribution < 1.29 is 13.2 Å². The van der Waals surface area contributed by atoms with Crippen LogP contribution >= 0.6 is 34.5 Å². The predicted octanol–water partition coefficient (Wildman–Crippen LogP) is 6.38. The van der Waals surface area contributed by atoms with E-state index in [1.807, 2.05) is 55.7 Å². The minimum Gasteiger partial charge on any atom is -0.308 e. The van der Waals surface area contributed by atoms with E-state index in [0.717, 1.165) is 34.4 Å². The SMILES string of the molecule is CCCCCS(=O)(=O)NC(=O)c1cc(C)c2nc(C)n(Cc3ccc(-c4ccc(Cl)s4)cc3Cl)c2n1. The third-order valence-electron chi connectivity index (χ3n) is 5.82. The van der Waals surface area contributed by atoms with Gasteiger partial charge in [-0.05, 0) is 61.2 Å². The standard InChI is InChI=1S/C25H26Cl2N4O3S2/c1-4-5-6-11-36(33,34)30-25(32)20-12-15(2)23-24(29-20)31(16(3)28-23)14-18-8-7-17(13-19(18)26)21-9-10-22(27)35-21/h7-10,12-13H,4-6,11,14H2,1-3H3,(H,30,32). The van der Waals surface area contributed by atoms with E-state index in [-0.39, 0.29) is 11.4 Å². The first-order chi connectivity index (χ1) is 17.1. The number of aromatic nitrogens is 3. The van der Waals surface area contributed by atoms with Gasteiger partial charge >= 0.3 is 0 Å². The number of hydrogen-bond acceptors (Lipinski definition) is 6. The van der Waals surface area contributed by atoms with Crippen LogP contribution in [0.2, 0.25) is 9.36 Å². The molecular weight excluding hydrogens is 539 g/mol. The largest absolute Gasteiger partial charge is 0.308 e. The highest BCUT2D eigenvalue weighted by Gasteiger charge is 2.21. The van der Waals surface area contributed by atoms with Gasteiger partial charge in [-0.1, -0.05) is 55.1 Å². The molecular formula is C25H26Cl2N4O3S2. The molecule has 0 spiro atoms. The van der Waals surface area contributed by atoms with Crippen LogP contribution in [-0.2, 0) is 16.6 Å². The lowest BCUT2D eigenvalue weighted by Crippen LogP contribution is -2.33. The van der Waals surface area contributed by atoms with Crippen molar-refractivity contribution in [3.05, 3.63) is 68.4 Å².